The van der Waals surface area contributed by atoms with Crippen LogP contribution in [0.3, 0.4) is 0 Å². The van der Waals surface area contributed by atoms with Crippen LogP contribution >= 0.6 is 0 Å². The number of hydrogen-bond donors (Lipinski definition) is 1. The van der Waals surface area contributed by atoms with Gasteiger partial charge in [-0.25, -0.2) is 0 Å². The molecule has 1 unspecified atom stereocenters. The predicted molar refractivity (Wildman–Crippen MR) is 93.0 cm³/mol. The Morgan fingerprint density at radius 2 is 1.57 bits per heavy atom. The molecule has 1 nitrogen and oxygen atoms in total. The van der Waals surface area contributed by atoms with Crippen LogP contribution in [0.15, 0.2) is 18.2 Å². The fraction of sp³-hybridized carbons (Fsp3) is 0.700. The van der Waals surface area contributed by atoms with Crippen LogP contribution in [0.5, 0.6) is 0 Å². The van der Waals surface area contributed by atoms with Gasteiger partial charge in [0.15, 0.2) is 0 Å². The summed E-state index contributed by atoms with van der Waals surface area (Å²) in [5.41, 5.74) is 4.57. The van der Waals surface area contributed by atoms with Crippen LogP contribution in [0.25, 0.3) is 0 Å². The van der Waals surface area contributed by atoms with Gasteiger partial charge in [0.1, 0.15) is 0 Å². The SMILES string of the molecule is CNC(c1ccc(C(C)C)cc1C(C)C)C1CCCCC1. The van der Waals surface area contributed by atoms with Crippen molar-refractivity contribution in [2.45, 2.75) is 77.7 Å². The Morgan fingerprint density at radius 3 is 2.10 bits per heavy atom. The zero-order valence-corrected chi connectivity index (χ0v) is 14.6. The molecule has 1 saturated carbocycles. The Kier molecular flexibility index (Phi) is 5.87. The molecule has 1 aliphatic rings. The fourth-order valence-electron chi connectivity index (χ4n) is 3.85. The van der Waals surface area contributed by atoms with Gasteiger partial charge in [0, 0.05) is 6.04 Å². The summed E-state index contributed by atoms with van der Waals surface area (Å²) in [6, 6.07) is 7.74. The largest absolute Gasteiger partial charge is 0.313 e. The minimum atomic E-state index is 0.531. The summed E-state index contributed by atoms with van der Waals surface area (Å²) in [7, 11) is 2.14. The molecule has 0 radical (unpaired) electrons. The molecule has 0 amide bonds. The maximum absolute atomic E-state index is 3.63. The van der Waals surface area contributed by atoms with Crippen LogP contribution in [-0.4, -0.2) is 7.05 Å². The minimum absolute atomic E-state index is 0.531. The molecule has 1 heteroatoms. The highest BCUT2D eigenvalue weighted by Crippen LogP contribution is 2.38. The van der Waals surface area contributed by atoms with E-state index in [1.165, 1.54) is 37.7 Å². The van der Waals surface area contributed by atoms with E-state index in [2.05, 4.69) is 58.3 Å². The zero-order valence-electron chi connectivity index (χ0n) is 14.6. The van der Waals surface area contributed by atoms with Crippen molar-refractivity contribution in [3.8, 4) is 0 Å². The van der Waals surface area contributed by atoms with Crippen molar-refractivity contribution >= 4 is 0 Å². The average molecular weight is 287 g/mol. The van der Waals surface area contributed by atoms with Gasteiger partial charge < -0.3 is 5.32 Å². The normalized spacial score (nSPS) is 18.4. The summed E-state index contributed by atoms with van der Waals surface area (Å²) in [5.74, 6) is 2.02. The van der Waals surface area contributed by atoms with E-state index in [0.29, 0.717) is 17.9 Å². The third kappa shape index (κ3) is 3.88. The Labute approximate surface area is 131 Å². The molecule has 1 atom stereocenters. The van der Waals surface area contributed by atoms with Crippen LogP contribution in [0.4, 0.5) is 0 Å². The molecule has 0 saturated heterocycles. The van der Waals surface area contributed by atoms with E-state index < -0.39 is 0 Å². The summed E-state index contributed by atoms with van der Waals surface area (Å²) < 4.78 is 0. The number of benzene rings is 1. The van der Waals surface area contributed by atoms with E-state index in [9.17, 15) is 0 Å². The molecule has 1 aliphatic carbocycles. The van der Waals surface area contributed by atoms with Crippen molar-refractivity contribution in [2.24, 2.45) is 5.92 Å². The Bertz CT molecular complexity index is 441. The molecule has 2 rings (SSSR count). The molecule has 0 aromatic heterocycles. The van der Waals surface area contributed by atoms with E-state index in [1.807, 2.05) is 0 Å². The van der Waals surface area contributed by atoms with Gasteiger partial charge in [0.2, 0.25) is 0 Å². The summed E-state index contributed by atoms with van der Waals surface area (Å²) >= 11 is 0. The third-order valence-corrected chi connectivity index (χ3v) is 5.17. The average Bonchev–Trinajstić information content (AvgIpc) is 2.49. The quantitative estimate of drug-likeness (QED) is 0.724. The highest BCUT2D eigenvalue weighted by Gasteiger charge is 2.26. The third-order valence-electron chi connectivity index (χ3n) is 5.17. The molecule has 1 N–H and O–H groups in total. The van der Waals surface area contributed by atoms with E-state index in [1.54, 1.807) is 11.1 Å². The van der Waals surface area contributed by atoms with Gasteiger partial charge in [-0.1, -0.05) is 65.2 Å². The lowest BCUT2D eigenvalue weighted by molar-refractivity contribution is 0.280. The highest BCUT2D eigenvalue weighted by atomic mass is 14.9. The molecule has 0 spiro atoms. The molecule has 1 fully saturated rings. The lowest BCUT2D eigenvalue weighted by Crippen LogP contribution is -2.28. The van der Waals surface area contributed by atoms with Crippen molar-refractivity contribution in [2.75, 3.05) is 7.05 Å². The lowest BCUT2D eigenvalue weighted by atomic mass is 9.78. The minimum Gasteiger partial charge on any atom is -0.313 e. The Hall–Kier alpha value is -0.820. The molecule has 0 aliphatic heterocycles. The predicted octanol–water partition coefficient (Wildman–Crippen LogP) is 5.77. The van der Waals surface area contributed by atoms with E-state index in [0.717, 1.165) is 5.92 Å². The van der Waals surface area contributed by atoms with Crippen molar-refractivity contribution in [3.05, 3.63) is 34.9 Å². The van der Waals surface area contributed by atoms with Crippen LogP contribution in [0.1, 0.15) is 94.4 Å². The lowest BCUT2D eigenvalue weighted by Gasteiger charge is -2.32. The molecule has 21 heavy (non-hydrogen) atoms. The summed E-state index contributed by atoms with van der Waals surface area (Å²) in [5, 5.41) is 3.63. The number of rotatable bonds is 5. The first kappa shape index (κ1) is 16.5. The summed E-state index contributed by atoms with van der Waals surface area (Å²) in [4.78, 5) is 0. The number of hydrogen-bond acceptors (Lipinski definition) is 1. The molecule has 1 aromatic carbocycles. The van der Waals surface area contributed by atoms with Crippen molar-refractivity contribution in [1.29, 1.82) is 0 Å². The van der Waals surface area contributed by atoms with Gasteiger partial charge in [-0.05, 0) is 54.3 Å². The van der Waals surface area contributed by atoms with E-state index >= 15 is 0 Å². The Balaban J connectivity index is 2.35. The fourth-order valence-corrected chi connectivity index (χ4v) is 3.85. The van der Waals surface area contributed by atoms with Crippen molar-refractivity contribution < 1.29 is 0 Å². The zero-order chi connectivity index (χ0) is 15.4. The van der Waals surface area contributed by atoms with E-state index in [-0.39, 0.29) is 0 Å². The first-order valence-electron chi connectivity index (χ1n) is 8.85. The summed E-state index contributed by atoms with van der Waals surface area (Å²) in [6.07, 6.45) is 7.01. The van der Waals surface area contributed by atoms with Gasteiger partial charge >= 0.3 is 0 Å². The van der Waals surface area contributed by atoms with Gasteiger partial charge in [0.05, 0.1) is 0 Å². The molecule has 0 heterocycles. The monoisotopic (exact) mass is 287 g/mol. The van der Waals surface area contributed by atoms with Gasteiger partial charge in [-0.3, -0.25) is 0 Å². The van der Waals surface area contributed by atoms with Crippen LogP contribution in [-0.2, 0) is 0 Å². The second kappa shape index (κ2) is 7.45. The van der Waals surface area contributed by atoms with Gasteiger partial charge in [0.25, 0.3) is 0 Å². The smallest absolute Gasteiger partial charge is 0.0348 e. The maximum Gasteiger partial charge on any atom is 0.0348 e. The van der Waals surface area contributed by atoms with Crippen molar-refractivity contribution in [3.63, 3.8) is 0 Å². The molecule has 0 bridgehead atoms. The maximum atomic E-state index is 3.63. The van der Waals surface area contributed by atoms with Crippen LogP contribution in [0.2, 0.25) is 0 Å². The molecular weight excluding hydrogens is 254 g/mol. The molecule has 1 aromatic rings. The standard InChI is InChI=1S/C20H33N/c1-14(2)17-11-12-18(19(13-17)15(3)4)20(21-5)16-9-7-6-8-10-16/h11-16,20-21H,6-10H2,1-5H3. The molecular formula is C20H33N. The first-order valence-corrected chi connectivity index (χ1v) is 8.85. The van der Waals surface area contributed by atoms with Crippen LogP contribution in [0, 0.1) is 5.92 Å². The highest BCUT2D eigenvalue weighted by molar-refractivity contribution is 5.38. The number of nitrogens with one attached hydrogen (secondary N) is 1. The first-order chi connectivity index (χ1) is 10.0. The van der Waals surface area contributed by atoms with Crippen LogP contribution < -0.4 is 5.32 Å². The van der Waals surface area contributed by atoms with E-state index in [4.69, 9.17) is 0 Å². The topological polar surface area (TPSA) is 12.0 Å². The summed E-state index contributed by atoms with van der Waals surface area (Å²) in [6.45, 7) is 9.23. The van der Waals surface area contributed by atoms with Crippen molar-refractivity contribution in [1.82, 2.24) is 5.32 Å². The molecule has 118 valence electrons. The van der Waals surface area contributed by atoms with Gasteiger partial charge in [-0.2, -0.15) is 0 Å². The second-order valence-electron chi connectivity index (χ2n) is 7.36. The second-order valence-corrected chi connectivity index (χ2v) is 7.36. The van der Waals surface area contributed by atoms with Gasteiger partial charge in [-0.15, -0.1) is 0 Å². The Morgan fingerprint density at radius 1 is 0.905 bits per heavy atom.